The number of rotatable bonds is 13. The maximum atomic E-state index is 5.56. The highest BCUT2D eigenvalue weighted by molar-refractivity contribution is 6.17. The molecular weight excluding hydrogens is 230 g/mol. The second-order valence-corrected chi connectivity index (χ2v) is 3.74. The maximum absolute atomic E-state index is 5.56. The molecule has 5 heteroatoms. The number of alkyl halides is 1. The zero-order valence-corrected chi connectivity index (χ0v) is 10.9. The Balaban J connectivity index is 2.83. The molecule has 0 atom stereocenters. The summed E-state index contributed by atoms with van der Waals surface area (Å²) in [5.74, 6) is 0.747. The first-order chi connectivity index (χ1) is 7.91. The van der Waals surface area contributed by atoms with Gasteiger partial charge >= 0.3 is 0 Å². The van der Waals surface area contributed by atoms with E-state index in [1.165, 1.54) is 0 Å². The van der Waals surface area contributed by atoms with Gasteiger partial charge in [0.15, 0.2) is 0 Å². The van der Waals surface area contributed by atoms with Crippen molar-refractivity contribution in [3.8, 4) is 0 Å². The van der Waals surface area contributed by atoms with E-state index >= 15 is 0 Å². The second kappa shape index (κ2) is 15.1. The normalized spacial score (nSPS) is 10.9. The fourth-order valence-corrected chi connectivity index (χ4v) is 1.27. The molecule has 0 aromatic carbocycles. The quantitative estimate of drug-likeness (QED) is 0.397. The molecule has 1 N–H and O–H groups in total. The van der Waals surface area contributed by atoms with Crippen LogP contribution in [0.5, 0.6) is 0 Å². The molecule has 0 aromatic heterocycles. The summed E-state index contributed by atoms with van der Waals surface area (Å²) < 4.78 is 15.5. The van der Waals surface area contributed by atoms with Crippen molar-refractivity contribution in [2.75, 3.05) is 59.1 Å². The topological polar surface area (TPSA) is 39.7 Å². The van der Waals surface area contributed by atoms with Crippen molar-refractivity contribution in [3.05, 3.63) is 0 Å². The van der Waals surface area contributed by atoms with Crippen molar-refractivity contribution in [1.29, 1.82) is 0 Å². The summed E-state index contributed by atoms with van der Waals surface area (Å²) in [6.45, 7) is 5.19. The molecular formula is C11H24ClNO3. The van der Waals surface area contributed by atoms with Gasteiger partial charge < -0.3 is 19.5 Å². The molecule has 0 aliphatic rings. The van der Waals surface area contributed by atoms with Gasteiger partial charge in [-0.2, -0.15) is 0 Å². The number of halogens is 1. The number of nitrogens with one attached hydrogen (secondary N) is 1. The summed E-state index contributed by atoms with van der Waals surface area (Å²) in [5, 5.41) is 3.29. The van der Waals surface area contributed by atoms with Crippen LogP contribution < -0.4 is 5.32 Å². The van der Waals surface area contributed by atoms with E-state index in [4.69, 9.17) is 25.8 Å². The summed E-state index contributed by atoms with van der Waals surface area (Å²) >= 11 is 5.56. The summed E-state index contributed by atoms with van der Waals surface area (Å²) in [7, 11) is 1.66. The SMILES string of the molecule is COCCOCCOCCNCCCCCl. The smallest absolute Gasteiger partial charge is 0.0701 e. The molecule has 16 heavy (non-hydrogen) atoms. The predicted octanol–water partition coefficient (Wildman–Crippen LogP) is 1.27. The van der Waals surface area contributed by atoms with E-state index in [2.05, 4.69) is 5.32 Å². The molecule has 0 aliphatic heterocycles. The van der Waals surface area contributed by atoms with Gasteiger partial charge in [-0.05, 0) is 19.4 Å². The third-order valence-corrected chi connectivity index (χ3v) is 2.23. The van der Waals surface area contributed by atoms with E-state index in [0.29, 0.717) is 26.4 Å². The summed E-state index contributed by atoms with van der Waals surface area (Å²) in [4.78, 5) is 0. The Morgan fingerprint density at radius 2 is 1.56 bits per heavy atom. The molecule has 0 unspecified atom stereocenters. The van der Waals surface area contributed by atoms with E-state index in [1.54, 1.807) is 7.11 Å². The van der Waals surface area contributed by atoms with Gasteiger partial charge in [-0.1, -0.05) is 0 Å². The van der Waals surface area contributed by atoms with Gasteiger partial charge in [0.05, 0.1) is 33.0 Å². The average molecular weight is 254 g/mol. The summed E-state index contributed by atoms with van der Waals surface area (Å²) in [5.41, 5.74) is 0. The van der Waals surface area contributed by atoms with Gasteiger partial charge in [0.1, 0.15) is 0 Å². The van der Waals surface area contributed by atoms with Crippen LogP contribution in [-0.4, -0.2) is 59.1 Å². The highest BCUT2D eigenvalue weighted by atomic mass is 35.5. The highest BCUT2D eigenvalue weighted by Crippen LogP contribution is 1.88. The third-order valence-electron chi connectivity index (χ3n) is 1.96. The van der Waals surface area contributed by atoms with E-state index in [-0.39, 0.29) is 0 Å². The Morgan fingerprint density at radius 1 is 0.875 bits per heavy atom. The number of methoxy groups -OCH3 is 1. The van der Waals surface area contributed by atoms with E-state index in [0.717, 1.165) is 38.4 Å². The predicted molar refractivity (Wildman–Crippen MR) is 66.3 cm³/mol. The molecule has 0 amide bonds. The Hall–Kier alpha value is 0.130. The molecule has 0 rings (SSSR count). The van der Waals surface area contributed by atoms with Gasteiger partial charge in [-0.15, -0.1) is 11.6 Å². The van der Waals surface area contributed by atoms with Crippen molar-refractivity contribution in [2.45, 2.75) is 12.8 Å². The zero-order chi connectivity index (χ0) is 11.9. The molecule has 0 saturated carbocycles. The molecule has 0 aliphatic carbocycles. The minimum absolute atomic E-state index is 0.635. The fraction of sp³-hybridized carbons (Fsp3) is 1.00. The number of unbranched alkanes of at least 4 members (excludes halogenated alkanes) is 1. The van der Waals surface area contributed by atoms with Gasteiger partial charge in [-0.25, -0.2) is 0 Å². The molecule has 0 heterocycles. The first-order valence-electron chi connectivity index (χ1n) is 5.83. The largest absolute Gasteiger partial charge is 0.382 e. The molecule has 0 saturated heterocycles. The van der Waals surface area contributed by atoms with Gasteiger partial charge in [0, 0.05) is 19.5 Å². The molecule has 0 bridgehead atoms. The number of ether oxygens (including phenoxy) is 3. The molecule has 98 valence electrons. The highest BCUT2D eigenvalue weighted by Gasteiger charge is 1.91. The van der Waals surface area contributed by atoms with E-state index < -0.39 is 0 Å². The Bertz CT molecular complexity index is 114. The molecule has 0 aromatic rings. The maximum Gasteiger partial charge on any atom is 0.0701 e. The second-order valence-electron chi connectivity index (χ2n) is 3.36. The molecule has 0 spiro atoms. The van der Waals surface area contributed by atoms with E-state index in [9.17, 15) is 0 Å². The van der Waals surface area contributed by atoms with Crippen LogP contribution >= 0.6 is 11.6 Å². The minimum atomic E-state index is 0.635. The van der Waals surface area contributed by atoms with Gasteiger partial charge in [0.2, 0.25) is 0 Å². The Kier molecular flexibility index (Phi) is 15.3. The Morgan fingerprint density at radius 3 is 2.25 bits per heavy atom. The Labute approximate surface area is 104 Å². The van der Waals surface area contributed by atoms with Crippen LogP contribution in [0.1, 0.15) is 12.8 Å². The standard InChI is InChI=1S/C11H24ClNO3/c1-14-8-9-16-11-10-15-7-6-13-5-3-2-4-12/h13H,2-11H2,1H3. The van der Waals surface area contributed by atoms with Crippen molar-refractivity contribution < 1.29 is 14.2 Å². The zero-order valence-electron chi connectivity index (χ0n) is 10.2. The first-order valence-corrected chi connectivity index (χ1v) is 6.36. The lowest BCUT2D eigenvalue weighted by Crippen LogP contribution is -2.21. The first kappa shape index (κ1) is 16.1. The van der Waals surface area contributed by atoms with Crippen molar-refractivity contribution in [1.82, 2.24) is 5.32 Å². The van der Waals surface area contributed by atoms with Crippen LogP contribution in [-0.2, 0) is 14.2 Å². The summed E-state index contributed by atoms with van der Waals surface area (Å²) in [6, 6.07) is 0. The monoisotopic (exact) mass is 253 g/mol. The lowest BCUT2D eigenvalue weighted by atomic mass is 10.3. The van der Waals surface area contributed by atoms with Crippen LogP contribution in [0, 0.1) is 0 Å². The molecule has 0 radical (unpaired) electrons. The molecule has 4 nitrogen and oxygen atoms in total. The minimum Gasteiger partial charge on any atom is -0.382 e. The number of hydrogen-bond donors (Lipinski definition) is 1. The average Bonchev–Trinajstić information content (AvgIpc) is 2.31. The van der Waals surface area contributed by atoms with Crippen molar-refractivity contribution >= 4 is 11.6 Å². The third kappa shape index (κ3) is 14.1. The van der Waals surface area contributed by atoms with Crippen LogP contribution in [0.2, 0.25) is 0 Å². The van der Waals surface area contributed by atoms with Crippen molar-refractivity contribution in [2.24, 2.45) is 0 Å². The summed E-state index contributed by atoms with van der Waals surface area (Å²) in [6.07, 6.45) is 2.20. The number of hydrogen-bond acceptors (Lipinski definition) is 4. The fourth-order valence-electron chi connectivity index (χ4n) is 1.08. The van der Waals surface area contributed by atoms with Crippen LogP contribution in [0.15, 0.2) is 0 Å². The van der Waals surface area contributed by atoms with Crippen molar-refractivity contribution in [3.63, 3.8) is 0 Å². The van der Waals surface area contributed by atoms with Crippen LogP contribution in [0.4, 0.5) is 0 Å². The van der Waals surface area contributed by atoms with Crippen LogP contribution in [0.25, 0.3) is 0 Å². The van der Waals surface area contributed by atoms with Gasteiger partial charge in [-0.3, -0.25) is 0 Å². The molecule has 0 fully saturated rings. The lowest BCUT2D eigenvalue weighted by Gasteiger charge is -2.06. The lowest BCUT2D eigenvalue weighted by molar-refractivity contribution is 0.0256. The van der Waals surface area contributed by atoms with Crippen LogP contribution in [0.3, 0.4) is 0 Å². The van der Waals surface area contributed by atoms with Gasteiger partial charge in [0.25, 0.3) is 0 Å². The van der Waals surface area contributed by atoms with E-state index in [1.807, 2.05) is 0 Å².